The summed E-state index contributed by atoms with van der Waals surface area (Å²) in [6.07, 6.45) is 3.17. The van der Waals surface area contributed by atoms with Gasteiger partial charge in [0.2, 0.25) is 0 Å². The normalized spacial score (nSPS) is 10.6. The molecule has 3 rings (SSSR count). The number of amides is 1. The van der Waals surface area contributed by atoms with Gasteiger partial charge in [0.15, 0.2) is 0 Å². The highest BCUT2D eigenvalue weighted by Crippen LogP contribution is 2.15. The van der Waals surface area contributed by atoms with Gasteiger partial charge in [-0.05, 0) is 24.6 Å². The van der Waals surface area contributed by atoms with E-state index in [9.17, 15) is 4.79 Å². The quantitative estimate of drug-likeness (QED) is 0.736. The number of benzene rings is 1. The van der Waals surface area contributed by atoms with Crippen LogP contribution in [0.4, 0.5) is 5.69 Å². The lowest BCUT2D eigenvalue weighted by atomic mass is 10.2. The number of anilines is 1. The van der Waals surface area contributed by atoms with Gasteiger partial charge in [0.1, 0.15) is 5.52 Å². The van der Waals surface area contributed by atoms with Crippen LogP contribution in [0, 0.1) is 6.92 Å². The Balaban J connectivity index is 1.89. The van der Waals surface area contributed by atoms with Gasteiger partial charge in [0, 0.05) is 11.9 Å². The lowest BCUT2D eigenvalue weighted by Crippen LogP contribution is -2.12. The Morgan fingerprint density at radius 3 is 2.95 bits per heavy atom. The molecule has 0 saturated heterocycles. The van der Waals surface area contributed by atoms with E-state index in [0.29, 0.717) is 5.56 Å². The Bertz CT molecular complexity index is 748. The van der Waals surface area contributed by atoms with Crippen molar-refractivity contribution in [3.05, 3.63) is 53.9 Å². The van der Waals surface area contributed by atoms with Crippen molar-refractivity contribution in [2.45, 2.75) is 6.92 Å². The average Bonchev–Trinajstić information content (AvgIpc) is 2.88. The van der Waals surface area contributed by atoms with Crippen molar-refractivity contribution in [1.82, 2.24) is 15.2 Å². The van der Waals surface area contributed by atoms with Crippen LogP contribution in [-0.4, -0.2) is 21.1 Å². The molecule has 2 N–H and O–H groups in total. The first-order valence-electron chi connectivity index (χ1n) is 5.90. The number of aromatic amines is 1. The van der Waals surface area contributed by atoms with Gasteiger partial charge in [-0.3, -0.25) is 14.9 Å². The van der Waals surface area contributed by atoms with Gasteiger partial charge >= 0.3 is 0 Å². The van der Waals surface area contributed by atoms with Crippen molar-refractivity contribution in [1.29, 1.82) is 0 Å². The van der Waals surface area contributed by atoms with E-state index in [0.717, 1.165) is 22.3 Å². The third-order valence-corrected chi connectivity index (χ3v) is 2.95. The van der Waals surface area contributed by atoms with Crippen LogP contribution in [0.3, 0.4) is 0 Å². The third kappa shape index (κ3) is 2.18. The topological polar surface area (TPSA) is 70.7 Å². The van der Waals surface area contributed by atoms with E-state index in [1.54, 1.807) is 18.5 Å². The summed E-state index contributed by atoms with van der Waals surface area (Å²) >= 11 is 0. The Kier molecular flexibility index (Phi) is 2.72. The third-order valence-electron chi connectivity index (χ3n) is 2.95. The fraction of sp³-hybridized carbons (Fsp3) is 0.0714. The van der Waals surface area contributed by atoms with E-state index < -0.39 is 0 Å². The predicted molar refractivity (Wildman–Crippen MR) is 73.0 cm³/mol. The van der Waals surface area contributed by atoms with Gasteiger partial charge in [0.05, 0.1) is 17.3 Å². The second kappa shape index (κ2) is 4.53. The zero-order valence-electron chi connectivity index (χ0n) is 10.3. The summed E-state index contributed by atoms with van der Waals surface area (Å²) in [5.74, 6) is -0.182. The maximum absolute atomic E-state index is 12.1. The fourth-order valence-electron chi connectivity index (χ4n) is 1.86. The van der Waals surface area contributed by atoms with Crippen LogP contribution in [0.15, 0.2) is 42.7 Å². The number of nitrogens with one attached hydrogen (secondary N) is 2. The Morgan fingerprint density at radius 1 is 1.26 bits per heavy atom. The molecule has 0 spiro atoms. The Morgan fingerprint density at radius 2 is 2.11 bits per heavy atom. The molecule has 0 bridgehead atoms. The first-order chi connectivity index (χ1) is 9.24. The van der Waals surface area contributed by atoms with E-state index in [-0.39, 0.29) is 5.91 Å². The number of nitrogens with zero attached hydrogens (tertiary/aromatic N) is 2. The zero-order valence-corrected chi connectivity index (χ0v) is 10.3. The summed E-state index contributed by atoms with van der Waals surface area (Å²) in [5.41, 5.74) is 3.81. The molecular formula is C14H12N4O. The molecular weight excluding hydrogens is 240 g/mol. The molecule has 94 valence electrons. The molecule has 0 atom stereocenters. The zero-order chi connectivity index (χ0) is 13.2. The number of rotatable bonds is 2. The molecule has 0 unspecified atom stereocenters. The van der Waals surface area contributed by atoms with Gasteiger partial charge < -0.3 is 5.32 Å². The molecule has 0 radical (unpaired) electrons. The maximum atomic E-state index is 12.1. The summed E-state index contributed by atoms with van der Waals surface area (Å²) in [7, 11) is 0. The monoisotopic (exact) mass is 252 g/mol. The van der Waals surface area contributed by atoms with Crippen molar-refractivity contribution in [2.75, 3.05) is 5.32 Å². The van der Waals surface area contributed by atoms with Crippen LogP contribution in [0.2, 0.25) is 0 Å². The number of aryl methyl sites for hydroxylation is 1. The maximum Gasteiger partial charge on any atom is 0.257 e. The van der Waals surface area contributed by atoms with Crippen LogP contribution in [0.5, 0.6) is 0 Å². The molecule has 2 heterocycles. The van der Waals surface area contributed by atoms with Crippen molar-refractivity contribution < 1.29 is 4.79 Å². The van der Waals surface area contributed by atoms with Crippen LogP contribution < -0.4 is 5.32 Å². The SMILES string of the molecule is Cc1ccccc1NC(=O)c1cnc2cn[nH]c2c1. The second-order valence-electron chi connectivity index (χ2n) is 4.30. The van der Waals surface area contributed by atoms with Gasteiger partial charge in [-0.15, -0.1) is 0 Å². The van der Waals surface area contributed by atoms with E-state index in [4.69, 9.17) is 0 Å². The number of fused-ring (bicyclic) bond motifs is 1. The summed E-state index contributed by atoms with van der Waals surface area (Å²) in [6.45, 7) is 1.95. The standard InChI is InChI=1S/C14H12N4O/c1-9-4-2-3-5-11(9)17-14(19)10-6-12-13(15-7-10)8-16-18-12/h2-8H,1H3,(H,16,18)(H,17,19). The highest BCUT2D eigenvalue weighted by atomic mass is 16.1. The van der Waals surface area contributed by atoms with E-state index in [1.165, 1.54) is 0 Å². The van der Waals surface area contributed by atoms with E-state index in [1.807, 2.05) is 31.2 Å². The first-order valence-corrected chi connectivity index (χ1v) is 5.90. The highest BCUT2D eigenvalue weighted by molar-refractivity contribution is 6.05. The van der Waals surface area contributed by atoms with Crippen LogP contribution in [0.1, 0.15) is 15.9 Å². The van der Waals surface area contributed by atoms with Crippen molar-refractivity contribution in [3.8, 4) is 0 Å². The highest BCUT2D eigenvalue weighted by Gasteiger charge is 2.09. The first kappa shape index (κ1) is 11.4. The minimum atomic E-state index is -0.182. The molecule has 1 amide bonds. The summed E-state index contributed by atoms with van der Waals surface area (Å²) in [6, 6.07) is 9.38. The van der Waals surface area contributed by atoms with Crippen LogP contribution >= 0.6 is 0 Å². The molecule has 0 aliphatic heterocycles. The Hall–Kier alpha value is -2.69. The number of carbonyl (C=O) groups excluding carboxylic acids is 1. The average molecular weight is 252 g/mol. The number of hydrogen-bond donors (Lipinski definition) is 2. The fourth-order valence-corrected chi connectivity index (χ4v) is 1.86. The molecule has 0 aliphatic rings. The second-order valence-corrected chi connectivity index (χ2v) is 4.30. The lowest BCUT2D eigenvalue weighted by molar-refractivity contribution is 0.102. The number of pyridine rings is 1. The van der Waals surface area contributed by atoms with Crippen molar-refractivity contribution in [3.63, 3.8) is 0 Å². The number of hydrogen-bond acceptors (Lipinski definition) is 3. The number of H-pyrrole nitrogens is 1. The minimum Gasteiger partial charge on any atom is -0.322 e. The number of carbonyl (C=O) groups is 1. The van der Waals surface area contributed by atoms with Gasteiger partial charge in [-0.25, -0.2) is 0 Å². The summed E-state index contributed by atoms with van der Waals surface area (Å²) < 4.78 is 0. The van der Waals surface area contributed by atoms with Gasteiger partial charge in [-0.2, -0.15) is 5.10 Å². The van der Waals surface area contributed by atoms with E-state index in [2.05, 4.69) is 20.5 Å². The van der Waals surface area contributed by atoms with Gasteiger partial charge in [-0.1, -0.05) is 18.2 Å². The molecule has 19 heavy (non-hydrogen) atoms. The summed E-state index contributed by atoms with van der Waals surface area (Å²) in [4.78, 5) is 16.3. The summed E-state index contributed by atoms with van der Waals surface area (Å²) in [5, 5.41) is 9.55. The Labute approximate surface area is 109 Å². The number of aromatic nitrogens is 3. The molecule has 0 aliphatic carbocycles. The van der Waals surface area contributed by atoms with Gasteiger partial charge in [0.25, 0.3) is 5.91 Å². The molecule has 0 fully saturated rings. The predicted octanol–water partition coefficient (Wildman–Crippen LogP) is 2.52. The van der Waals surface area contributed by atoms with Crippen LogP contribution in [-0.2, 0) is 0 Å². The largest absolute Gasteiger partial charge is 0.322 e. The van der Waals surface area contributed by atoms with E-state index >= 15 is 0 Å². The number of para-hydroxylation sites is 1. The van der Waals surface area contributed by atoms with Crippen molar-refractivity contribution in [2.24, 2.45) is 0 Å². The lowest BCUT2D eigenvalue weighted by Gasteiger charge is -2.07. The molecule has 5 nitrogen and oxygen atoms in total. The van der Waals surface area contributed by atoms with Crippen molar-refractivity contribution >= 4 is 22.6 Å². The smallest absolute Gasteiger partial charge is 0.257 e. The molecule has 1 aromatic carbocycles. The minimum absolute atomic E-state index is 0.182. The molecule has 0 saturated carbocycles. The molecule has 2 aromatic heterocycles. The molecule has 5 heteroatoms. The van der Waals surface area contributed by atoms with Crippen LogP contribution in [0.25, 0.3) is 11.0 Å². The molecule has 3 aromatic rings.